The molecule has 1 amide bonds. The van der Waals surface area contributed by atoms with Gasteiger partial charge in [-0.05, 0) is 24.6 Å². The molecule has 0 saturated heterocycles. The lowest BCUT2D eigenvalue weighted by molar-refractivity contribution is -0.137. The zero-order chi connectivity index (χ0) is 20.3. The molecule has 1 heterocycles. The maximum absolute atomic E-state index is 12.9. The van der Waals surface area contributed by atoms with Crippen LogP contribution in [0.5, 0.6) is 0 Å². The van der Waals surface area contributed by atoms with E-state index in [4.69, 9.17) is 0 Å². The first-order valence-electron chi connectivity index (χ1n) is 8.39. The number of aromatic amines is 1. The highest BCUT2D eigenvalue weighted by atomic mass is 19.4. The zero-order valence-electron chi connectivity index (χ0n) is 14.7. The highest BCUT2D eigenvalue weighted by Gasteiger charge is 2.30. The number of rotatable bonds is 4. The van der Waals surface area contributed by atoms with E-state index in [0.29, 0.717) is 5.56 Å². The highest BCUT2D eigenvalue weighted by molar-refractivity contribution is 5.92. The number of amides is 1. The number of benzene rings is 2. The maximum Gasteiger partial charge on any atom is 0.416 e. The van der Waals surface area contributed by atoms with Crippen LogP contribution in [0.15, 0.2) is 65.5 Å². The molecule has 28 heavy (non-hydrogen) atoms. The van der Waals surface area contributed by atoms with E-state index in [2.05, 4.69) is 15.3 Å². The van der Waals surface area contributed by atoms with Crippen LogP contribution in [0.1, 0.15) is 34.6 Å². The molecule has 0 fully saturated rings. The number of H-pyrrole nitrogens is 1. The molecule has 0 spiro atoms. The lowest BCUT2D eigenvalue weighted by Crippen LogP contribution is -2.29. The van der Waals surface area contributed by atoms with E-state index in [9.17, 15) is 22.8 Å². The quantitative estimate of drug-likeness (QED) is 0.712. The Morgan fingerprint density at radius 2 is 1.79 bits per heavy atom. The molecule has 2 N–H and O–H groups in total. The van der Waals surface area contributed by atoms with Crippen molar-refractivity contribution in [3.05, 3.63) is 87.8 Å². The molecule has 144 valence electrons. The second-order valence-electron chi connectivity index (χ2n) is 6.16. The summed E-state index contributed by atoms with van der Waals surface area (Å²) in [4.78, 5) is 31.1. The Balaban J connectivity index is 1.84. The molecule has 5 nitrogen and oxygen atoms in total. The molecule has 8 heteroatoms. The topological polar surface area (TPSA) is 74.8 Å². The Morgan fingerprint density at radius 3 is 2.46 bits per heavy atom. The van der Waals surface area contributed by atoms with Gasteiger partial charge in [-0.2, -0.15) is 13.2 Å². The standard InChI is InChI=1S/C20H16F3N3O2/c1-12(14-8-5-9-15(10-14)20(21,22)23)24-19(28)16-11-17(27)26-18(25-16)13-6-3-2-4-7-13/h2-12H,1H3,(H,24,28)(H,25,26,27)/t12-/m1/s1. The van der Waals surface area contributed by atoms with Crippen molar-refractivity contribution in [3.8, 4) is 11.4 Å². The van der Waals surface area contributed by atoms with E-state index < -0.39 is 29.2 Å². The third kappa shape index (κ3) is 4.46. The summed E-state index contributed by atoms with van der Waals surface area (Å²) in [5.74, 6) is -0.432. The van der Waals surface area contributed by atoms with Crippen molar-refractivity contribution in [1.29, 1.82) is 0 Å². The number of hydrogen-bond donors (Lipinski definition) is 2. The first-order valence-corrected chi connectivity index (χ1v) is 8.39. The van der Waals surface area contributed by atoms with Crippen LogP contribution in [0.2, 0.25) is 0 Å². The van der Waals surface area contributed by atoms with Crippen molar-refractivity contribution in [2.45, 2.75) is 19.1 Å². The van der Waals surface area contributed by atoms with E-state index in [0.717, 1.165) is 18.2 Å². The summed E-state index contributed by atoms with van der Waals surface area (Å²) in [6.07, 6.45) is -4.47. The molecular weight excluding hydrogens is 371 g/mol. The molecule has 0 aliphatic heterocycles. The molecular formula is C20H16F3N3O2. The largest absolute Gasteiger partial charge is 0.416 e. The van der Waals surface area contributed by atoms with Crippen molar-refractivity contribution in [2.24, 2.45) is 0 Å². The van der Waals surface area contributed by atoms with Crippen LogP contribution < -0.4 is 10.9 Å². The second kappa shape index (κ2) is 7.67. The van der Waals surface area contributed by atoms with E-state index >= 15 is 0 Å². The average molecular weight is 387 g/mol. The second-order valence-corrected chi connectivity index (χ2v) is 6.16. The van der Waals surface area contributed by atoms with Gasteiger partial charge in [0.1, 0.15) is 11.5 Å². The van der Waals surface area contributed by atoms with Gasteiger partial charge in [-0.15, -0.1) is 0 Å². The number of halogens is 3. The Hall–Kier alpha value is -3.42. The summed E-state index contributed by atoms with van der Waals surface area (Å²) in [7, 11) is 0. The summed E-state index contributed by atoms with van der Waals surface area (Å²) in [5, 5.41) is 2.58. The molecule has 0 bridgehead atoms. The number of nitrogens with one attached hydrogen (secondary N) is 2. The first-order chi connectivity index (χ1) is 13.2. The molecule has 0 radical (unpaired) electrons. The number of carbonyl (C=O) groups excluding carboxylic acids is 1. The number of hydrogen-bond acceptors (Lipinski definition) is 3. The maximum atomic E-state index is 12.9. The highest BCUT2D eigenvalue weighted by Crippen LogP contribution is 2.30. The van der Waals surface area contributed by atoms with Crippen LogP contribution in [0.4, 0.5) is 13.2 Å². The summed E-state index contributed by atoms with van der Waals surface area (Å²) in [6, 6.07) is 13.8. The van der Waals surface area contributed by atoms with Crippen LogP contribution in [0, 0.1) is 0 Å². The summed E-state index contributed by atoms with van der Waals surface area (Å²) in [6.45, 7) is 1.55. The monoisotopic (exact) mass is 387 g/mol. The summed E-state index contributed by atoms with van der Waals surface area (Å²) in [5.41, 5.74) is -0.518. The molecule has 3 rings (SSSR count). The predicted octanol–water partition coefficient (Wildman–Crippen LogP) is 3.95. The number of alkyl halides is 3. The molecule has 1 atom stereocenters. The Kier molecular flexibility index (Phi) is 5.30. The molecule has 1 aromatic heterocycles. The fourth-order valence-corrected chi connectivity index (χ4v) is 2.64. The number of carbonyl (C=O) groups is 1. The molecule has 0 aliphatic rings. The Bertz CT molecular complexity index is 1050. The van der Waals surface area contributed by atoms with Crippen LogP contribution in [-0.2, 0) is 6.18 Å². The van der Waals surface area contributed by atoms with Gasteiger partial charge in [0.15, 0.2) is 0 Å². The lowest BCUT2D eigenvalue weighted by atomic mass is 10.0. The fourth-order valence-electron chi connectivity index (χ4n) is 2.64. The van der Waals surface area contributed by atoms with Crippen LogP contribution in [0.3, 0.4) is 0 Å². The van der Waals surface area contributed by atoms with Gasteiger partial charge < -0.3 is 10.3 Å². The number of nitrogens with zero attached hydrogens (tertiary/aromatic N) is 1. The Labute approximate surface area is 158 Å². The fraction of sp³-hybridized carbons (Fsp3) is 0.150. The van der Waals surface area contributed by atoms with Crippen molar-refractivity contribution < 1.29 is 18.0 Å². The third-order valence-corrected chi connectivity index (χ3v) is 4.08. The normalized spacial score (nSPS) is 12.4. The van der Waals surface area contributed by atoms with Crippen LogP contribution in [0.25, 0.3) is 11.4 Å². The third-order valence-electron chi connectivity index (χ3n) is 4.08. The minimum Gasteiger partial charge on any atom is -0.344 e. The van der Waals surface area contributed by atoms with Crippen molar-refractivity contribution in [1.82, 2.24) is 15.3 Å². The molecule has 0 aliphatic carbocycles. The van der Waals surface area contributed by atoms with Crippen LogP contribution in [-0.4, -0.2) is 15.9 Å². The lowest BCUT2D eigenvalue weighted by Gasteiger charge is -2.16. The predicted molar refractivity (Wildman–Crippen MR) is 97.6 cm³/mol. The Morgan fingerprint density at radius 1 is 1.07 bits per heavy atom. The summed E-state index contributed by atoms with van der Waals surface area (Å²) < 4.78 is 38.6. The van der Waals surface area contributed by atoms with Crippen molar-refractivity contribution in [3.63, 3.8) is 0 Å². The smallest absolute Gasteiger partial charge is 0.344 e. The van der Waals surface area contributed by atoms with Gasteiger partial charge in [0.25, 0.3) is 11.5 Å². The van der Waals surface area contributed by atoms with Crippen molar-refractivity contribution >= 4 is 5.91 Å². The minimum absolute atomic E-state index is 0.124. The van der Waals surface area contributed by atoms with Gasteiger partial charge in [0.2, 0.25) is 0 Å². The molecule has 3 aromatic rings. The van der Waals surface area contributed by atoms with Gasteiger partial charge in [-0.1, -0.05) is 42.5 Å². The van der Waals surface area contributed by atoms with E-state index in [-0.39, 0.29) is 17.1 Å². The van der Waals surface area contributed by atoms with E-state index in [1.165, 1.54) is 12.1 Å². The van der Waals surface area contributed by atoms with Gasteiger partial charge >= 0.3 is 6.18 Å². The van der Waals surface area contributed by atoms with Gasteiger partial charge in [0.05, 0.1) is 11.6 Å². The van der Waals surface area contributed by atoms with Gasteiger partial charge in [-0.3, -0.25) is 9.59 Å². The van der Waals surface area contributed by atoms with Gasteiger partial charge in [-0.25, -0.2) is 4.98 Å². The first kappa shape index (κ1) is 19.3. The van der Waals surface area contributed by atoms with Gasteiger partial charge in [0, 0.05) is 11.6 Å². The zero-order valence-corrected chi connectivity index (χ0v) is 14.7. The summed E-state index contributed by atoms with van der Waals surface area (Å²) >= 11 is 0. The minimum atomic E-state index is -4.47. The SMILES string of the molecule is C[C@@H](NC(=O)c1cc(=O)[nH]c(-c2ccccc2)n1)c1cccc(C(F)(F)F)c1. The van der Waals surface area contributed by atoms with Crippen molar-refractivity contribution in [2.75, 3.05) is 0 Å². The van der Waals surface area contributed by atoms with E-state index in [1.807, 2.05) is 0 Å². The average Bonchev–Trinajstić information content (AvgIpc) is 2.67. The molecule has 0 saturated carbocycles. The molecule has 2 aromatic carbocycles. The number of aromatic nitrogens is 2. The van der Waals surface area contributed by atoms with E-state index in [1.54, 1.807) is 37.3 Å². The molecule has 0 unspecified atom stereocenters. The van der Waals surface area contributed by atoms with Crippen LogP contribution >= 0.6 is 0 Å².